The first-order chi connectivity index (χ1) is 14.1. The van der Waals surface area contributed by atoms with E-state index in [9.17, 15) is 9.18 Å². The maximum absolute atomic E-state index is 13.8. The van der Waals surface area contributed by atoms with Gasteiger partial charge in [0.25, 0.3) is 5.19 Å². The topological polar surface area (TPSA) is 54.5 Å². The highest BCUT2D eigenvalue weighted by Crippen LogP contribution is 2.49. The van der Waals surface area contributed by atoms with Crippen LogP contribution in [0.1, 0.15) is 18.9 Å². The Balaban J connectivity index is 1.17. The summed E-state index contributed by atoms with van der Waals surface area (Å²) in [6, 6.07) is 13.0. The van der Waals surface area contributed by atoms with Crippen molar-refractivity contribution in [2.45, 2.75) is 25.9 Å². The summed E-state index contributed by atoms with van der Waals surface area (Å²) in [5.41, 5.74) is 1.49. The Morgan fingerprint density at radius 3 is 2.90 bits per heavy atom. The van der Waals surface area contributed by atoms with Gasteiger partial charge >= 0.3 is 0 Å². The molecule has 1 saturated heterocycles. The highest BCUT2D eigenvalue weighted by atomic mass is 32.1. The summed E-state index contributed by atoms with van der Waals surface area (Å²) in [6.45, 7) is 4.16. The molecule has 1 saturated carbocycles. The summed E-state index contributed by atoms with van der Waals surface area (Å²) >= 11 is 1.33. The maximum atomic E-state index is 13.8. The molecular formula is C22H22FN3O2S. The molecule has 2 heterocycles. The Kier molecular flexibility index (Phi) is 4.72. The van der Waals surface area contributed by atoms with Crippen molar-refractivity contribution in [2.24, 2.45) is 11.8 Å². The molecule has 3 aromatic rings. The van der Waals surface area contributed by atoms with Crippen LogP contribution in [0.25, 0.3) is 10.2 Å². The number of ether oxygens (including phenoxy) is 1. The van der Waals surface area contributed by atoms with Crippen LogP contribution in [-0.4, -0.2) is 34.9 Å². The van der Waals surface area contributed by atoms with Crippen molar-refractivity contribution in [3.8, 4) is 10.9 Å². The molecular weight excluding hydrogens is 389 g/mol. The predicted molar refractivity (Wildman–Crippen MR) is 111 cm³/mol. The van der Waals surface area contributed by atoms with Crippen LogP contribution in [0.2, 0.25) is 0 Å². The van der Waals surface area contributed by atoms with Crippen molar-refractivity contribution < 1.29 is 13.9 Å². The Labute approximate surface area is 172 Å². The first-order valence-electron chi connectivity index (χ1n) is 9.88. The van der Waals surface area contributed by atoms with E-state index in [2.05, 4.69) is 10.3 Å². The molecule has 1 aliphatic carbocycles. The van der Waals surface area contributed by atoms with Crippen LogP contribution in [0.3, 0.4) is 0 Å². The van der Waals surface area contributed by atoms with Crippen LogP contribution in [0.15, 0.2) is 42.5 Å². The molecule has 1 N–H and O–H groups in total. The number of hydrogen-bond acceptors (Lipinski definition) is 5. The monoisotopic (exact) mass is 411 g/mol. The molecule has 5 rings (SSSR count). The van der Waals surface area contributed by atoms with Crippen molar-refractivity contribution in [3.63, 3.8) is 0 Å². The van der Waals surface area contributed by atoms with Crippen LogP contribution in [0.5, 0.6) is 10.9 Å². The lowest BCUT2D eigenvalue weighted by atomic mass is 10.1. The zero-order valence-electron chi connectivity index (χ0n) is 16.1. The molecule has 2 fully saturated rings. The van der Waals surface area contributed by atoms with E-state index in [1.54, 1.807) is 13.0 Å². The molecule has 0 radical (unpaired) electrons. The molecule has 1 amide bonds. The second-order valence-electron chi connectivity index (χ2n) is 7.84. The highest BCUT2D eigenvalue weighted by molar-refractivity contribution is 7.20. The Morgan fingerprint density at radius 1 is 1.31 bits per heavy atom. The molecule has 1 aliphatic heterocycles. The largest absolute Gasteiger partial charge is 0.431 e. The number of hydrogen-bond donors (Lipinski definition) is 1. The minimum atomic E-state index is -0.335. The van der Waals surface area contributed by atoms with Crippen molar-refractivity contribution in [1.82, 2.24) is 15.2 Å². The van der Waals surface area contributed by atoms with Gasteiger partial charge in [0, 0.05) is 32.6 Å². The third-order valence-corrected chi connectivity index (χ3v) is 6.77. The summed E-state index contributed by atoms with van der Waals surface area (Å²) in [4.78, 5) is 18.0. The molecule has 5 nitrogen and oxygen atoms in total. The second kappa shape index (κ2) is 7.39. The van der Waals surface area contributed by atoms with Crippen LogP contribution >= 0.6 is 11.3 Å². The van der Waals surface area contributed by atoms with Gasteiger partial charge in [-0.3, -0.25) is 4.79 Å². The van der Waals surface area contributed by atoms with Gasteiger partial charge in [-0.1, -0.05) is 29.5 Å². The molecule has 2 aliphatic rings. The molecule has 2 aromatic carbocycles. The van der Waals surface area contributed by atoms with Crippen molar-refractivity contribution in [2.75, 3.05) is 13.1 Å². The molecule has 1 aromatic heterocycles. The lowest BCUT2D eigenvalue weighted by Gasteiger charge is -2.26. The number of carbonyl (C=O) groups is 1. The van der Waals surface area contributed by atoms with Crippen molar-refractivity contribution in [1.29, 1.82) is 0 Å². The van der Waals surface area contributed by atoms with Gasteiger partial charge in [-0.2, -0.15) is 4.98 Å². The molecule has 3 atom stereocenters. The Hall–Kier alpha value is -2.51. The zero-order valence-corrected chi connectivity index (χ0v) is 16.9. The fourth-order valence-corrected chi connectivity index (χ4v) is 5.12. The minimum Gasteiger partial charge on any atom is -0.431 e. The van der Waals surface area contributed by atoms with Crippen LogP contribution in [-0.2, 0) is 11.3 Å². The summed E-state index contributed by atoms with van der Waals surface area (Å²) < 4.78 is 20.3. The van der Waals surface area contributed by atoms with Gasteiger partial charge < -0.3 is 15.0 Å². The fraction of sp³-hybridized carbons (Fsp3) is 0.364. The number of carbonyl (C=O) groups excluding carboxylic acids is 1. The van der Waals surface area contributed by atoms with E-state index in [-0.39, 0.29) is 11.7 Å². The number of benzene rings is 2. The normalized spacial score (nSPS) is 22.7. The molecule has 3 unspecified atom stereocenters. The number of para-hydroxylation sites is 1. The molecule has 0 bridgehead atoms. The summed E-state index contributed by atoms with van der Waals surface area (Å²) in [5, 5.41) is 3.92. The summed E-state index contributed by atoms with van der Waals surface area (Å²) in [7, 11) is 0. The van der Waals surface area contributed by atoms with E-state index in [0.717, 1.165) is 35.8 Å². The number of nitrogens with zero attached hydrogens (tertiary/aromatic N) is 2. The average molecular weight is 412 g/mol. The second-order valence-corrected chi connectivity index (χ2v) is 8.83. The number of fused-ring (bicyclic) bond motifs is 2. The quantitative estimate of drug-likeness (QED) is 0.661. The number of amides is 1. The van der Waals surface area contributed by atoms with Gasteiger partial charge in [-0.25, -0.2) is 4.39 Å². The molecule has 150 valence electrons. The number of thiazole rings is 1. The smallest absolute Gasteiger partial charge is 0.279 e. The lowest BCUT2D eigenvalue weighted by molar-refractivity contribution is -0.130. The van der Waals surface area contributed by atoms with E-state index in [4.69, 9.17) is 4.74 Å². The number of likely N-dealkylation sites (tertiary alicyclic amines) is 1. The third-order valence-electron chi connectivity index (χ3n) is 5.87. The third kappa shape index (κ3) is 3.72. The SMILES string of the molecule is CC(=O)N1CC2CC2C1CNCc1ccc(Oc2nc3c(F)cccc3s2)cc1. The maximum Gasteiger partial charge on any atom is 0.279 e. The first kappa shape index (κ1) is 18.5. The van der Waals surface area contributed by atoms with E-state index in [1.165, 1.54) is 23.8 Å². The Morgan fingerprint density at radius 2 is 2.14 bits per heavy atom. The number of aromatic nitrogens is 1. The Bertz CT molecular complexity index is 1050. The van der Waals surface area contributed by atoms with Gasteiger partial charge in [0.15, 0.2) is 0 Å². The van der Waals surface area contributed by atoms with Gasteiger partial charge in [-0.15, -0.1) is 0 Å². The number of rotatable bonds is 6. The number of halogens is 1. The van der Waals surface area contributed by atoms with Crippen molar-refractivity contribution >= 4 is 27.5 Å². The standard InChI is InChI=1S/C22H22FN3O2S/c1-13(27)26-12-15-9-17(15)19(26)11-24-10-14-5-7-16(8-6-14)28-22-25-21-18(23)3-2-4-20(21)29-22/h2-8,15,17,19,24H,9-12H2,1H3. The van der Waals surface area contributed by atoms with Crippen LogP contribution in [0, 0.1) is 17.7 Å². The highest BCUT2D eigenvalue weighted by Gasteiger charge is 2.52. The van der Waals surface area contributed by atoms with E-state index in [1.807, 2.05) is 35.2 Å². The fourth-order valence-electron chi connectivity index (χ4n) is 4.27. The number of piperidine rings is 1. The minimum absolute atomic E-state index is 0.181. The van der Waals surface area contributed by atoms with Gasteiger partial charge in [-0.05, 0) is 48.1 Å². The average Bonchev–Trinajstić information content (AvgIpc) is 3.19. The predicted octanol–water partition coefficient (Wildman–Crippen LogP) is 4.18. The van der Waals surface area contributed by atoms with Crippen LogP contribution < -0.4 is 10.1 Å². The van der Waals surface area contributed by atoms with Crippen molar-refractivity contribution in [3.05, 3.63) is 53.8 Å². The number of nitrogens with one attached hydrogen (secondary N) is 1. The van der Waals surface area contributed by atoms with Gasteiger partial charge in [0.1, 0.15) is 17.1 Å². The summed E-state index contributed by atoms with van der Waals surface area (Å²) in [6.07, 6.45) is 1.26. The molecule has 7 heteroatoms. The van der Waals surface area contributed by atoms with Gasteiger partial charge in [0.05, 0.1) is 4.70 Å². The molecule has 0 spiro atoms. The molecule has 29 heavy (non-hydrogen) atoms. The summed E-state index contributed by atoms with van der Waals surface area (Å²) in [5.74, 6) is 1.92. The van der Waals surface area contributed by atoms with Gasteiger partial charge in [0.2, 0.25) is 5.91 Å². The van der Waals surface area contributed by atoms with E-state index >= 15 is 0 Å². The zero-order chi connectivity index (χ0) is 20.0. The lowest BCUT2D eigenvalue weighted by Crippen LogP contribution is -2.43. The van der Waals surface area contributed by atoms with Crippen LogP contribution in [0.4, 0.5) is 4.39 Å². The first-order valence-corrected chi connectivity index (χ1v) is 10.7. The van der Waals surface area contributed by atoms with E-state index < -0.39 is 0 Å². The van der Waals surface area contributed by atoms with E-state index in [0.29, 0.717) is 28.4 Å².